The molecule has 1 aromatic heterocycles. The summed E-state index contributed by atoms with van der Waals surface area (Å²) < 4.78 is 30.7. The molecular weight excluding hydrogens is 406 g/mol. The first-order valence-corrected chi connectivity index (χ1v) is 11.2. The molecule has 0 bridgehead atoms. The summed E-state index contributed by atoms with van der Waals surface area (Å²) in [7, 11) is -3.38. The van der Waals surface area contributed by atoms with Crippen LogP contribution in [0.1, 0.15) is 22.8 Å². The smallest absolute Gasteiger partial charge is 0.343 e. The van der Waals surface area contributed by atoms with Gasteiger partial charge < -0.3 is 15.4 Å². The number of carbonyl (C=O) groups is 1. The van der Waals surface area contributed by atoms with Crippen molar-refractivity contribution >= 4 is 27.8 Å². The molecule has 0 aliphatic carbocycles. The molecule has 30 heavy (non-hydrogen) atoms. The Labute approximate surface area is 177 Å². The van der Waals surface area contributed by atoms with E-state index in [0.717, 1.165) is 12.0 Å². The third-order valence-corrected chi connectivity index (χ3v) is 5.22. The zero-order chi connectivity index (χ0) is 21.8. The van der Waals surface area contributed by atoms with Crippen LogP contribution in [0.3, 0.4) is 0 Å². The second-order valence-electron chi connectivity index (χ2n) is 6.23. The molecule has 2 aromatic rings. The van der Waals surface area contributed by atoms with Crippen LogP contribution in [0.2, 0.25) is 0 Å². The van der Waals surface area contributed by atoms with Gasteiger partial charge in [0.2, 0.25) is 16.0 Å². The highest BCUT2D eigenvalue weighted by Crippen LogP contribution is 2.15. The summed E-state index contributed by atoms with van der Waals surface area (Å²) in [5.74, 6) is -0.0292. The van der Waals surface area contributed by atoms with Gasteiger partial charge in [0.05, 0.1) is 12.4 Å². The van der Waals surface area contributed by atoms with Crippen molar-refractivity contribution in [1.82, 2.24) is 14.7 Å². The Morgan fingerprint density at radius 2 is 1.93 bits per heavy atom. The van der Waals surface area contributed by atoms with Gasteiger partial charge in [-0.1, -0.05) is 36.4 Å². The number of rotatable bonds is 13. The van der Waals surface area contributed by atoms with Crippen LogP contribution < -0.4 is 15.4 Å². The monoisotopic (exact) mass is 433 g/mol. The number of hydrogen-bond donors (Lipinski definition) is 3. The van der Waals surface area contributed by atoms with E-state index in [0.29, 0.717) is 12.4 Å². The standard InChI is InChI=1S/C20H27N5O4S/c1-3-14-30(27,28)24-13-12-22-20-23-15-17(19(26)29-4-2)18(25-20)21-11-10-16-8-6-5-7-9-16/h3,5-9,15,24H,1,4,10-14H2,2H3,(H2,21,22,23,25). The van der Waals surface area contributed by atoms with Crippen LogP contribution in [0, 0.1) is 0 Å². The zero-order valence-corrected chi connectivity index (χ0v) is 17.7. The van der Waals surface area contributed by atoms with E-state index in [1.54, 1.807) is 6.92 Å². The minimum atomic E-state index is -3.38. The van der Waals surface area contributed by atoms with E-state index < -0.39 is 16.0 Å². The molecule has 162 valence electrons. The van der Waals surface area contributed by atoms with Gasteiger partial charge in [0.15, 0.2) is 0 Å². The number of esters is 1. The average molecular weight is 434 g/mol. The fourth-order valence-corrected chi connectivity index (χ4v) is 3.37. The molecule has 0 radical (unpaired) electrons. The van der Waals surface area contributed by atoms with Gasteiger partial charge in [0.25, 0.3) is 0 Å². The summed E-state index contributed by atoms with van der Waals surface area (Å²) in [6.45, 7) is 6.38. The maximum Gasteiger partial charge on any atom is 0.343 e. The molecule has 0 amide bonds. The molecular formula is C20H27N5O4S. The van der Waals surface area contributed by atoms with E-state index in [-0.39, 0.29) is 37.0 Å². The third kappa shape index (κ3) is 7.80. The van der Waals surface area contributed by atoms with Crippen LogP contribution in [0.4, 0.5) is 11.8 Å². The molecule has 2 rings (SSSR count). The van der Waals surface area contributed by atoms with E-state index in [1.807, 2.05) is 30.3 Å². The Balaban J connectivity index is 2.00. The second-order valence-corrected chi connectivity index (χ2v) is 8.08. The first kappa shape index (κ1) is 23.3. The number of carbonyl (C=O) groups excluding carboxylic acids is 1. The van der Waals surface area contributed by atoms with Crippen molar-refractivity contribution in [2.24, 2.45) is 0 Å². The highest BCUT2D eigenvalue weighted by molar-refractivity contribution is 7.89. The van der Waals surface area contributed by atoms with Gasteiger partial charge in [0.1, 0.15) is 11.4 Å². The molecule has 0 saturated heterocycles. The molecule has 0 atom stereocenters. The van der Waals surface area contributed by atoms with Gasteiger partial charge in [-0.25, -0.2) is 22.9 Å². The van der Waals surface area contributed by atoms with Gasteiger partial charge >= 0.3 is 5.97 Å². The van der Waals surface area contributed by atoms with Gasteiger partial charge in [-0.05, 0) is 18.9 Å². The maximum absolute atomic E-state index is 12.2. The first-order chi connectivity index (χ1) is 14.4. The molecule has 1 aromatic carbocycles. The Morgan fingerprint density at radius 3 is 2.63 bits per heavy atom. The number of aromatic nitrogens is 2. The van der Waals surface area contributed by atoms with Crippen molar-refractivity contribution in [3.8, 4) is 0 Å². The molecule has 9 nitrogen and oxygen atoms in total. The lowest BCUT2D eigenvalue weighted by Crippen LogP contribution is -2.30. The lowest BCUT2D eigenvalue weighted by molar-refractivity contribution is 0.0526. The number of nitrogens with zero attached hydrogens (tertiary/aromatic N) is 2. The Hall–Kier alpha value is -2.98. The molecule has 0 spiro atoms. The molecule has 10 heteroatoms. The summed E-state index contributed by atoms with van der Waals surface area (Å²) in [6.07, 6.45) is 3.46. The van der Waals surface area contributed by atoms with E-state index in [2.05, 4.69) is 31.9 Å². The Bertz CT molecular complexity index is 935. The van der Waals surface area contributed by atoms with E-state index in [9.17, 15) is 13.2 Å². The molecule has 0 saturated carbocycles. The van der Waals surface area contributed by atoms with Gasteiger partial charge in [-0.2, -0.15) is 4.98 Å². The lowest BCUT2D eigenvalue weighted by atomic mass is 10.1. The van der Waals surface area contributed by atoms with Crippen molar-refractivity contribution in [2.75, 3.05) is 42.6 Å². The molecule has 0 aliphatic rings. The van der Waals surface area contributed by atoms with E-state index >= 15 is 0 Å². The van der Waals surface area contributed by atoms with Gasteiger partial charge in [-0.15, -0.1) is 6.58 Å². The fourth-order valence-electron chi connectivity index (χ4n) is 2.52. The van der Waals surface area contributed by atoms with Crippen molar-refractivity contribution in [3.63, 3.8) is 0 Å². The van der Waals surface area contributed by atoms with Crippen LogP contribution >= 0.6 is 0 Å². The normalized spacial score (nSPS) is 11.0. The molecule has 0 aliphatic heterocycles. The number of hydrogen-bond acceptors (Lipinski definition) is 8. The molecule has 0 fully saturated rings. The lowest BCUT2D eigenvalue weighted by Gasteiger charge is -2.12. The summed E-state index contributed by atoms with van der Waals surface area (Å²) in [4.78, 5) is 20.7. The Kier molecular flexibility index (Phi) is 9.23. The molecule has 0 unspecified atom stereocenters. The number of ether oxygens (including phenoxy) is 1. The molecule has 1 heterocycles. The van der Waals surface area contributed by atoms with E-state index in [1.165, 1.54) is 12.3 Å². The number of anilines is 2. The summed E-state index contributed by atoms with van der Waals surface area (Å²) >= 11 is 0. The fraction of sp³-hybridized carbons (Fsp3) is 0.350. The largest absolute Gasteiger partial charge is 0.462 e. The molecule has 3 N–H and O–H groups in total. The second kappa shape index (κ2) is 11.9. The van der Waals surface area contributed by atoms with Crippen LogP contribution in [0.5, 0.6) is 0 Å². The van der Waals surface area contributed by atoms with E-state index in [4.69, 9.17) is 4.74 Å². The van der Waals surface area contributed by atoms with Crippen LogP contribution in [-0.2, 0) is 21.2 Å². The number of sulfonamides is 1. The highest BCUT2D eigenvalue weighted by atomic mass is 32.2. The quantitative estimate of drug-likeness (QED) is 0.248. The number of nitrogens with one attached hydrogen (secondary N) is 3. The van der Waals surface area contributed by atoms with Crippen molar-refractivity contribution in [2.45, 2.75) is 13.3 Å². The topological polar surface area (TPSA) is 122 Å². The minimum Gasteiger partial charge on any atom is -0.462 e. The summed E-state index contributed by atoms with van der Waals surface area (Å²) in [6, 6.07) is 9.93. The van der Waals surface area contributed by atoms with Crippen molar-refractivity contribution in [3.05, 3.63) is 60.3 Å². The number of benzene rings is 1. The zero-order valence-electron chi connectivity index (χ0n) is 16.9. The average Bonchev–Trinajstić information content (AvgIpc) is 2.72. The minimum absolute atomic E-state index is 0.146. The van der Waals surface area contributed by atoms with Crippen LogP contribution in [0.15, 0.2) is 49.2 Å². The first-order valence-electron chi connectivity index (χ1n) is 9.59. The predicted octanol–water partition coefficient (Wildman–Crippen LogP) is 1.83. The summed E-state index contributed by atoms with van der Waals surface area (Å²) in [5, 5.41) is 6.10. The Morgan fingerprint density at radius 1 is 1.17 bits per heavy atom. The summed E-state index contributed by atoms with van der Waals surface area (Å²) in [5.41, 5.74) is 1.39. The third-order valence-electron chi connectivity index (χ3n) is 3.90. The predicted molar refractivity (Wildman–Crippen MR) is 117 cm³/mol. The van der Waals surface area contributed by atoms with Gasteiger partial charge in [0, 0.05) is 25.8 Å². The highest BCUT2D eigenvalue weighted by Gasteiger charge is 2.16. The SMILES string of the molecule is C=CCS(=O)(=O)NCCNc1ncc(C(=O)OCC)c(NCCc2ccccc2)n1. The maximum atomic E-state index is 12.2. The van der Waals surface area contributed by atoms with Crippen LogP contribution in [0.25, 0.3) is 0 Å². The van der Waals surface area contributed by atoms with Gasteiger partial charge in [-0.3, -0.25) is 0 Å². The van der Waals surface area contributed by atoms with Crippen molar-refractivity contribution < 1.29 is 17.9 Å². The van der Waals surface area contributed by atoms with Crippen LogP contribution in [-0.4, -0.2) is 56.3 Å². The van der Waals surface area contributed by atoms with Crippen molar-refractivity contribution in [1.29, 1.82) is 0 Å².